The number of fused-ring (bicyclic) bond motifs is 1. The van der Waals surface area contributed by atoms with Gasteiger partial charge in [-0.25, -0.2) is 0 Å². The van der Waals surface area contributed by atoms with Crippen molar-refractivity contribution in [2.45, 2.75) is 25.1 Å². The first-order valence-electron chi connectivity index (χ1n) is 10.7. The number of hydrogen-bond donors (Lipinski definition) is 1. The molecule has 170 valence electrons. The molecule has 1 unspecified atom stereocenters. The first-order valence-corrected chi connectivity index (χ1v) is 12.3. The maximum absolute atomic E-state index is 13.8. The van der Waals surface area contributed by atoms with E-state index in [9.17, 15) is 9.90 Å². The van der Waals surface area contributed by atoms with Crippen LogP contribution in [0.2, 0.25) is 10.0 Å². The van der Waals surface area contributed by atoms with Crippen LogP contribution >= 0.6 is 39.1 Å². The fraction of sp³-hybridized carbons (Fsp3) is 0.269. The van der Waals surface area contributed by atoms with E-state index in [-0.39, 0.29) is 17.9 Å². The molecule has 1 atom stereocenters. The largest absolute Gasteiger partial charge is 0.396 e. The summed E-state index contributed by atoms with van der Waals surface area (Å²) in [6, 6.07) is 20.6. The van der Waals surface area contributed by atoms with Crippen molar-refractivity contribution >= 4 is 45.0 Å². The second-order valence-electron chi connectivity index (χ2n) is 8.81. The number of halogens is 3. The van der Waals surface area contributed by atoms with Crippen molar-refractivity contribution in [2.24, 2.45) is 5.41 Å². The summed E-state index contributed by atoms with van der Waals surface area (Å²) in [6.45, 7) is 0.727. The fourth-order valence-corrected chi connectivity index (χ4v) is 5.00. The maximum Gasteiger partial charge on any atom is 0.257 e. The van der Waals surface area contributed by atoms with Crippen molar-refractivity contribution in [1.82, 2.24) is 4.90 Å². The van der Waals surface area contributed by atoms with Crippen LogP contribution in [0.4, 0.5) is 0 Å². The van der Waals surface area contributed by atoms with Gasteiger partial charge in [-0.05, 0) is 54.8 Å². The van der Waals surface area contributed by atoms with E-state index in [1.54, 1.807) is 4.90 Å². The number of hydrogen-bond acceptors (Lipinski definition) is 3. The Kier molecular flexibility index (Phi) is 6.04. The highest BCUT2D eigenvalue weighted by molar-refractivity contribution is 9.10. The second-order valence-corrected chi connectivity index (χ2v) is 10.6. The Bertz CT molecular complexity index is 1200. The van der Waals surface area contributed by atoms with Crippen LogP contribution in [-0.2, 0) is 17.0 Å². The standard InChI is InChI=1S/C26H22BrCl2NO3/c27-19-5-10-23-22(13-19)24(32)30(14-17-1-6-20(28)7-2-17)26(23,18-3-8-21(29)9-4-18)33-16-25(15-31)11-12-25/h1-10,13,31H,11-12,14-16H2. The molecular weight excluding hydrogens is 525 g/mol. The Morgan fingerprint density at radius 3 is 2.21 bits per heavy atom. The quantitative estimate of drug-likeness (QED) is 0.373. The van der Waals surface area contributed by atoms with E-state index < -0.39 is 5.72 Å². The maximum atomic E-state index is 13.8. The van der Waals surface area contributed by atoms with Gasteiger partial charge in [0, 0.05) is 43.2 Å². The van der Waals surface area contributed by atoms with Crippen LogP contribution in [-0.4, -0.2) is 29.1 Å². The highest BCUT2D eigenvalue weighted by Gasteiger charge is 2.54. The van der Waals surface area contributed by atoms with Gasteiger partial charge in [-0.3, -0.25) is 9.69 Å². The Morgan fingerprint density at radius 1 is 0.970 bits per heavy atom. The predicted octanol–water partition coefficient (Wildman–Crippen LogP) is 6.40. The summed E-state index contributed by atoms with van der Waals surface area (Å²) in [6.07, 6.45) is 1.80. The number of nitrogens with zero attached hydrogens (tertiary/aromatic N) is 1. The lowest BCUT2D eigenvalue weighted by Gasteiger charge is -2.40. The summed E-state index contributed by atoms with van der Waals surface area (Å²) in [5, 5.41) is 11.2. The molecule has 0 bridgehead atoms. The summed E-state index contributed by atoms with van der Waals surface area (Å²) in [4.78, 5) is 15.6. The first kappa shape index (κ1) is 22.9. The molecule has 1 aliphatic heterocycles. The summed E-state index contributed by atoms with van der Waals surface area (Å²) in [5.74, 6) is -0.120. The molecule has 1 aliphatic carbocycles. The number of aliphatic hydroxyl groups excluding tert-OH is 1. The van der Waals surface area contributed by atoms with Gasteiger partial charge in [0.1, 0.15) is 0 Å². The van der Waals surface area contributed by atoms with E-state index in [4.69, 9.17) is 27.9 Å². The van der Waals surface area contributed by atoms with Crippen molar-refractivity contribution in [3.63, 3.8) is 0 Å². The summed E-state index contributed by atoms with van der Waals surface area (Å²) in [7, 11) is 0. The van der Waals surface area contributed by atoms with Crippen LogP contribution in [0.15, 0.2) is 71.2 Å². The predicted molar refractivity (Wildman–Crippen MR) is 132 cm³/mol. The normalized spacial score (nSPS) is 20.7. The first-order chi connectivity index (χ1) is 15.9. The third kappa shape index (κ3) is 4.11. The molecule has 5 rings (SSSR count). The molecule has 1 fully saturated rings. The highest BCUT2D eigenvalue weighted by atomic mass is 79.9. The summed E-state index contributed by atoms with van der Waals surface area (Å²) in [5.41, 5.74) is 1.70. The van der Waals surface area contributed by atoms with Gasteiger partial charge in [0.25, 0.3) is 5.91 Å². The van der Waals surface area contributed by atoms with Crippen molar-refractivity contribution in [3.8, 4) is 0 Å². The average Bonchev–Trinajstić information content (AvgIpc) is 3.57. The lowest BCUT2D eigenvalue weighted by molar-refractivity contribution is -0.128. The highest BCUT2D eigenvalue weighted by Crippen LogP contribution is 2.51. The molecule has 3 aromatic carbocycles. The lowest BCUT2D eigenvalue weighted by Crippen LogP contribution is -2.47. The van der Waals surface area contributed by atoms with Crippen LogP contribution in [0, 0.1) is 5.41 Å². The van der Waals surface area contributed by atoms with Crippen molar-refractivity contribution < 1.29 is 14.6 Å². The van der Waals surface area contributed by atoms with E-state index in [1.807, 2.05) is 66.7 Å². The van der Waals surface area contributed by atoms with Gasteiger partial charge in [-0.15, -0.1) is 0 Å². The Hall–Kier alpha value is -1.89. The summed E-state index contributed by atoms with van der Waals surface area (Å²) < 4.78 is 7.56. The zero-order chi connectivity index (χ0) is 23.2. The van der Waals surface area contributed by atoms with E-state index in [2.05, 4.69) is 15.9 Å². The third-order valence-corrected chi connectivity index (χ3v) is 7.57. The molecule has 0 saturated heterocycles. The molecule has 1 saturated carbocycles. The number of ether oxygens (including phenoxy) is 1. The Morgan fingerprint density at radius 2 is 1.61 bits per heavy atom. The number of aliphatic hydroxyl groups is 1. The Labute approximate surface area is 211 Å². The SMILES string of the molecule is O=C1c2cc(Br)ccc2C(OCC2(CO)CC2)(c2ccc(Cl)cc2)N1Cc1ccc(Cl)cc1. The van der Waals surface area contributed by atoms with Crippen LogP contribution in [0.25, 0.3) is 0 Å². The van der Waals surface area contributed by atoms with Crippen LogP contribution in [0.3, 0.4) is 0 Å². The zero-order valence-electron chi connectivity index (χ0n) is 17.7. The smallest absolute Gasteiger partial charge is 0.257 e. The fourth-order valence-electron chi connectivity index (χ4n) is 4.39. The van der Waals surface area contributed by atoms with Gasteiger partial charge in [-0.1, -0.05) is 69.5 Å². The number of amides is 1. The molecule has 0 spiro atoms. The van der Waals surface area contributed by atoms with Gasteiger partial charge in [0.15, 0.2) is 5.72 Å². The van der Waals surface area contributed by atoms with E-state index in [0.717, 1.165) is 34.0 Å². The number of rotatable bonds is 7. The zero-order valence-corrected chi connectivity index (χ0v) is 20.8. The van der Waals surface area contributed by atoms with Crippen LogP contribution in [0.5, 0.6) is 0 Å². The van der Waals surface area contributed by atoms with Crippen molar-refractivity contribution in [1.29, 1.82) is 0 Å². The molecule has 3 aromatic rings. The van der Waals surface area contributed by atoms with Crippen LogP contribution in [0.1, 0.15) is 39.9 Å². The molecule has 1 heterocycles. The van der Waals surface area contributed by atoms with Crippen LogP contribution < -0.4 is 0 Å². The van der Waals surface area contributed by atoms with Gasteiger partial charge in [0.2, 0.25) is 0 Å². The minimum Gasteiger partial charge on any atom is -0.396 e. The van der Waals surface area contributed by atoms with E-state index in [0.29, 0.717) is 28.8 Å². The van der Waals surface area contributed by atoms with E-state index >= 15 is 0 Å². The van der Waals surface area contributed by atoms with Gasteiger partial charge in [0.05, 0.1) is 13.2 Å². The van der Waals surface area contributed by atoms with Gasteiger partial charge < -0.3 is 9.84 Å². The molecule has 1 N–H and O–H groups in total. The number of carbonyl (C=O) groups excluding carboxylic acids is 1. The molecule has 7 heteroatoms. The Balaban J connectivity index is 1.67. The molecule has 1 amide bonds. The monoisotopic (exact) mass is 545 g/mol. The third-order valence-electron chi connectivity index (χ3n) is 6.57. The lowest BCUT2D eigenvalue weighted by atomic mass is 9.92. The minimum absolute atomic E-state index is 0.0576. The molecule has 4 nitrogen and oxygen atoms in total. The van der Waals surface area contributed by atoms with Crippen molar-refractivity contribution in [2.75, 3.05) is 13.2 Å². The molecular formula is C26H22BrCl2NO3. The molecule has 0 radical (unpaired) electrons. The topological polar surface area (TPSA) is 49.8 Å². The number of benzene rings is 3. The van der Waals surface area contributed by atoms with Gasteiger partial charge >= 0.3 is 0 Å². The average molecular weight is 547 g/mol. The second kappa shape index (κ2) is 8.71. The minimum atomic E-state index is -1.15. The van der Waals surface area contributed by atoms with E-state index in [1.165, 1.54) is 0 Å². The molecule has 33 heavy (non-hydrogen) atoms. The van der Waals surface area contributed by atoms with Gasteiger partial charge in [-0.2, -0.15) is 0 Å². The molecule has 2 aliphatic rings. The van der Waals surface area contributed by atoms with Crippen molar-refractivity contribution in [3.05, 3.63) is 104 Å². The summed E-state index contributed by atoms with van der Waals surface area (Å²) >= 11 is 15.8. The number of carbonyl (C=O) groups is 1. The molecule has 0 aromatic heterocycles.